The van der Waals surface area contributed by atoms with Crippen molar-refractivity contribution in [2.24, 2.45) is 11.8 Å². The molecule has 3 amide bonds. The van der Waals surface area contributed by atoms with E-state index in [1.807, 2.05) is 12.1 Å². The Hall–Kier alpha value is -3.77. The second-order valence-electron chi connectivity index (χ2n) is 14.5. The predicted molar refractivity (Wildman–Crippen MR) is 187 cm³/mol. The lowest BCUT2D eigenvalue weighted by Gasteiger charge is -2.32. The fourth-order valence-corrected chi connectivity index (χ4v) is 9.24. The van der Waals surface area contributed by atoms with E-state index in [1.165, 1.54) is 0 Å². The van der Waals surface area contributed by atoms with Crippen LogP contribution < -0.4 is 20.1 Å². The third-order valence-corrected chi connectivity index (χ3v) is 12.8. The number of pyridine rings is 1. The first-order chi connectivity index (χ1) is 23.7. The van der Waals surface area contributed by atoms with Gasteiger partial charge in [0.1, 0.15) is 17.7 Å². The zero-order valence-corrected chi connectivity index (χ0v) is 28.8. The number of hydrogen-bond donors (Lipinski definition) is 3. The first kappa shape index (κ1) is 33.7. The van der Waals surface area contributed by atoms with Crippen molar-refractivity contribution in [1.29, 1.82) is 0 Å². The van der Waals surface area contributed by atoms with Crippen molar-refractivity contribution >= 4 is 44.6 Å². The van der Waals surface area contributed by atoms with E-state index < -0.39 is 56.7 Å². The van der Waals surface area contributed by atoms with Gasteiger partial charge in [0, 0.05) is 23.9 Å². The highest BCUT2D eigenvalue weighted by molar-refractivity contribution is 7.91. The number of carbonyl (C=O) groups excluding carboxylic acids is 3. The molecule has 5 aliphatic rings. The average Bonchev–Trinajstić information content (AvgIpc) is 3.96. The van der Waals surface area contributed by atoms with E-state index in [-0.39, 0.29) is 31.2 Å². The van der Waals surface area contributed by atoms with E-state index in [2.05, 4.69) is 51.2 Å². The van der Waals surface area contributed by atoms with Crippen LogP contribution in [0.25, 0.3) is 16.8 Å². The van der Waals surface area contributed by atoms with Gasteiger partial charge in [0.2, 0.25) is 27.7 Å². The molecule has 12 heteroatoms. The highest BCUT2D eigenvalue weighted by Crippen LogP contribution is 2.45. The van der Waals surface area contributed by atoms with Crippen molar-refractivity contribution in [3.05, 3.63) is 54.8 Å². The minimum Gasteiger partial charge on any atom is -0.472 e. The van der Waals surface area contributed by atoms with Crippen LogP contribution in [0.5, 0.6) is 5.88 Å². The number of amides is 3. The molecule has 1 aromatic heterocycles. The molecule has 0 spiro atoms. The summed E-state index contributed by atoms with van der Waals surface area (Å²) in [4.78, 5) is 48.5. The molecular weight excluding hydrogens is 643 g/mol. The number of sulfonamides is 1. The summed E-state index contributed by atoms with van der Waals surface area (Å²) in [6, 6.07) is 6.74. The fraction of sp³-hybridized carbons (Fsp3) is 0.568. The molecule has 5 atom stereocenters. The number of fused-ring (bicyclic) bond motifs is 3. The minimum absolute atomic E-state index is 0.138. The van der Waals surface area contributed by atoms with Gasteiger partial charge in [0.15, 0.2) is 0 Å². The Morgan fingerprint density at radius 3 is 2.65 bits per heavy atom. The number of benzene rings is 1. The second kappa shape index (κ2) is 13.9. The first-order valence-corrected chi connectivity index (χ1v) is 19.5. The molecular formula is C37H47N5O6S. The van der Waals surface area contributed by atoms with Crippen molar-refractivity contribution in [3.8, 4) is 5.88 Å². The summed E-state index contributed by atoms with van der Waals surface area (Å²) in [5.74, 6) is -1.22. The smallest absolute Gasteiger partial charge is 0.259 e. The SMILES string of the molecule is C=C[C@@H]1C[C@]1(NC(=O)[C@H]1C[C@@H]2CN1C(=O)[C@H](C1CCCC1)NCCCCCC=Cc1ccc3ccnc(c3c1)O2)C(=O)NS(=O)(=O)C1CC1. The highest BCUT2D eigenvalue weighted by Gasteiger charge is 2.62. The van der Waals surface area contributed by atoms with Crippen molar-refractivity contribution in [2.45, 2.75) is 106 Å². The molecule has 0 unspecified atom stereocenters. The van der Waals surface area contributed by atoms with E-state index in [9.17, 15) is 22.8 Å². The molecule has 2 aliphatic heterocycles. The molecule has 4 fully saturated rings. The van der Waals surface area contributed by atoms with Gasteiger partial charge in [-0.15, -0.1) is 6.58 Å². The number of nitrogens with zero attached hydrogens (tertiary/aromatic N) is 2. The highest BCUT2D eigenvalue weighted by atomic mass is 32.2. The number of hydrogen-bond acceptors (Lipinski definition) is 8. The van der Waals surface area contributed by atoms with Gasteiger partial charge >= 0.3 is 0 Å². The molecule has 3 heterocycles. The molecule has 4 bridgehead atoms. The number of carbonyl (C=O) groups is 3. The standard InChI is InChI=1S/C37H47N5O6S/c1-2-27-22-37(27,36(45)41-49(46,47)29-15-16-29)40-33(43)31-21-28-23-42(31)35(44)32(26-11-7-8-12-26)38-18-9-5-3-4-6-10-24-13-14-25-17-19-39-34(48-28)30(25)20-24/h2,6,10,13-14,17,19-20,26-29,31-32,38H,1,3-5,7-9,11-12,15-16,18,21-23H2,(H,40,43)(H,41,45)/t27-,28-,31-,32+,37-/m1/s1. The summed E-state index contributed by atoms with van der Waals surface area (Å²) in [6.45, 7) is 4.70. The number of rotatable bonds is 7. The third-order valence-electron chi connectivity index (χ3n) is 11.0. The Bertz CT molecular complexity index is 1750. The number of aromatic nitrogens is 1. The largest absolute Gasteiger partial charge is 0.472 e. The van der Waals surface area contributed by atoms with Crippen LogP contribution in [-0.4, -0.2) is 78.1 Å². The van der Waals surface area contributed by atoms with E-state index in [1.54, 1.807) is 17.2 Å². The summed E-state index contributed by atoms with van der Waals surface area (Å²) in [7, 11) is -3.83. The summed E-state index contributed by atoms with van der Waals surface area (Å²) < 4.78 is 34.1. The van der Waals surface area contributed by atoms with Crippen molar-refractivity contribution in [1.82, 2.24) is 25.2 Å². The van der Waals surface area contributed by atoms with Crippen LogP contribution in [-0.2, 0) is 24.4 Å². The molecule has 11 nitrogen and oxygen atoms in total. The average molecular weight is 690 g/mol. The molecule has 3 aliphatic carbocycles. The van der Waals surface area contributed by atoms with Crippen LogP contribution in [0, 0.1) is 11.8 Å². The van der Waals surface area contributed by atoms with Crippen molar-refractivity contribution < 1.29 is 27.5 Å². The van der Waals surface area contributed by atoms with Gasteiger partial charge in [-0.1, -0.05) is 49.6 Å². The zero-order valence-electron chi connectivity index (χ0n) is 27.9. The fourth-order valence-electron chi connectivity index (χ4n) is 7.87. The van der Waals surface area contributed by atoms with E-state index >= 15 is 0 Å². The van der Waals surface area contributed by atoms with Gasteiger partial charge in [-0.3, -0.25) is 19.1 Å². The topological polar surface area (TPSA) is 147 Å². The summed E-state index contributed by atoms with van der Waals surface area (Å²) >= 11 is 0. The predicted octanol–water partition coefficient (Wildman–Crippen LogP) is 3.99. The van der Waals surface area contributed by atoms with Crippen LogP contribution in [0.2, 0.25) is 0 Å². The van der Waals surface area contributed by atoms with Crippen molar-refractivity contribution in [3.63, 3.8) is 0 Å². The Morgan fingerprint density at radius 2 is 1.90 bits per heavy atom. The summed E-state index contributed by atoms with van der Waals surface area (Å²) in [5.41, 5.74) is -0.396. The Morgan fingerprint density at radius 1 is 1.08 bits per heavy atom. The quantitative estimate of drug-likeness (QED) is 0.370. The maximum atomic E-state index is 14.6. The molecule has 0 radical (unpaired) electrons. The number of allylic oxidation sites excluding steroid dienone is 1. The van der Waals surface area contributed by atoms with Crippen LogP contribution in [0.4, 0.5) is 0 Å². The lowest BCUT2D eigenvalue weighted by molar-refractivity contribution is -0.142. The van der Waals surface area contributed by atoms with Gasteiger partial charge in [-0.05, 0) is 86.9 Å². The summed E-state index contributed by atoms with van der Waals surface area (Å²) in [5, 5.41) is 7.72. The van der Waals surface area contributed by atoms with E-state index in [0.29, 0.717) is 25.3 Å². The van der Waals surface area contributed by atoms with Crippen LogP contribution in [0.1, 0.15) is 82.6 Å². The maximum Gasteiger partial charge on any atom is 0.259 e. The lowest BCUT2D eigenvalue weighted by atomic mass is 9.96. The molecule has 2 aromatic rings. The minimum atomic E-state index is -3.83. The maximum absolute atomic E-state index is 14.6. The van der Waals surface area contributed by atoms with Crippen LogP contribution >= 0.6 is 0 Å². The molecule has 49 heavy (non-hydrogen) atoms. The Kier molecular flexibility index (Phi) is 9.54. The second-order valence-corrected chi connectivity index (χ2v) is 16.4. The molecule has 7 rings (SSSR count). The molecule has 3 N–H and O–H groups in total. The molecule has 3 saturated carbocycles. The molecule has 1 saturated heterocycles. The van der Waals surface area contributed by atoms with Gasteiger partial charge in [-0.25, -0.2) is 13.4 Å². The molecule has 1 aromatic carbocycles. The Labute approximate surface area is 288 Å². The van der Waals surface area contributed by atoms with Crippen molar-refractivity contribution in [2.75, 3.05) is 13.1 Å². The Balaban J connectivity index is 1.19. The molecule has 262 valence electrons. The first-order valence-electron chi connectivity index (χ1n) is 17.9. The van der Waals surface area contributed by atoms with Gasteiger partial charge in [0.05, 0.1) is 17.8 Å². The zero-order chi connectivity index (χ0) is 34.2. The van der Waals surface area contributed by atoms with E-state index in [4.69, 9.17) is 4.74 Å². The monoisotopic (exact) mass is 689 g/mol. The number of ether oxygens (including phenoxy) is 1. The lowest BCUT2D eigenvalue weighted by Crippen LogP contribution is -2.58. The van der Waals surface area contributed by atoms with Gasteiger partial charge in [-0.2, -0.15) is 0 Å². The normalized spacial score (nSPS) is 29.6. The van der Waals surface area contributed by atoms with Gasteiger partial charge in [0.25, 0.3) is 5.91 Å². The summed E-state index contributed by atoms with van der Waals surface area (Å²) in [6.07, 6.45) is 16.5. The third kappa shape index (κ3) is 7.12. The van der Waals surface area contributed by atoms with Crippen LogP contribution in [0.15, 0.2) is 49.2 Å². The van der Waals surface area contributed by atoms with E-state index in [0.717, 1.165) is 67.7 Å². The van der Waals surface area contributed by atoms with Gasteiger partial charge < -0.3 is 20.3 Å². The van der Waals surface area contributed by atoms with Crippen LogP contribution in [0.3, 0.4) is 0 Å². The number of nitrogens with one attached hydrogen (secondary N) is 3.